The lowest BCUT2D eigenvalue weighted by Crippen LogP contribution is -2.05. The number of hydrogen-bond acceptors (Lipinski definition) is 0. The Morgan fingerprint density at radius 3 is 0.868 bits per heavy atom. The van der Waals surface area contributed by atoms with Crippen molar-refractivity contribution in [2.24, 2.45) is 0 Å². The molecule has 0 bridgehead atoms. The van der Waals surface area contributed by atoms with Gasteiger partial charge in [0.05, 0.1) is 33.4 Å². The molecule has 0 amide bonds. The van der Waals surface area contributed by atoms with E-state index in [9.17, 15) is 0 Å². The zero-order chi connectivity index (χ0) is 26.3. The van der Waals surface area contributed by atoms with E-state index in [1.807, 2.05) is 0 Å². The fourth-order valence-electron chi connectivity index (χ4n) is 6.16. The maximum absolute atomic E-state index is 2.48. The molecule has 186 valence electrons. The predicted octanol–water partition coefficient (Wildman–Crippen LogP) is 9.73. The van der Waals surface area contributed by atoms with E-state index in [1.54, 1.807) is 0 Å². The molecule has 0 unspecified atom stereocenters. The van der Waals surface area contributed by atoms with Crippen LogP contribution < -0.4 is 0 Å². The average Bonchev–Trinajstić information content (AvgIpc) is 3.36. The zero-order valence-corrected chi connectivity index (χ0v) is 23.0. The van der Waals surface area contributed by atoms with Gasteiger partial charge < -0.3 is 9.13 Å². The monoisotopic (exact) mass is 492 g/mol. The molecule has 2 heteroatoms. The lowest BCUT2D eigenvalue weighted by Gasteiger charge is -2.19. The second kappa shape index (κ2) is 8.10. The third-order valence-corrected chi connectivity index (χ3v) is 8.22. The van der Waals surface area contributed by atoms with Gasteiger partial charge in [0.25, 0.3) is 0 Å². The van der Waals surface area contributed by atoms with Crippen LogP contribution in [0.2, 0.25) is 0 Å². The molecule has 0 saturated carbocycles. The Labute approximate surface area is 223 Å². The van der Waals surface area contributed by atoms with Crippen molar-refractivity contribution in [3.05, 3.63) is 118 Å². The molecule has 0 atom stereocenters. The molecule has 0 aliphatic heterocycles. The predicted molar refractivity (Wildman–Crippen MR) is 164 cm³/mol. The summed E-state index contributed by atoms with van der Waals surface area (Å²) in [6.07, 6.45) is 0. The van der Waals surface area contributed by atoms with Crippen LogP contribution in [0.4, 0.5) is 0 Å². The summed E-state index contributed by atoms with van der Waals surface area (Å²) in [4.78, 5) is 0. The van der Waals surface area contributed by atoms with E-state index in [-0.39, 0.29) is 0 Å². The standard InChI is InChI=1S/C36H32N2/c1-21-7-11-31-27(15-21)28-16-22(2)8-12-32(28)37(31)35-19-25(5)26(6)20-36(35)38-33-13-9-23(3)17-29(33)30-18-24(4)10-14-34(30)38/h7-20H,1-6H3. The Hall–Kier alpha value is -4.30. The number of nitrogens with zero attached hydrogens (tertiary/aromatic N) is 2. The maximum Gasteiger partial charge on any atom is 0.0705 e. The minimum atomic E-state index is 1.21. The fraction of sp³-hybridized carbons (Fsp3) is 0.167. The first-order chi connectivity index (χ1) is 18.3. The SMILES string of the molecule is Cc1ccc2c(c1)c1cc(C)ccc1n2-c1cc(C)c(C)cc1-n1c2ccc(C)cc2c2cc(C)ccc21. The van der Waals surface area contributed by atoms with Gasteiger partial charge in [0.1, 0.15) is 0 Å². The number of rotatable bonds is 2. The first-order valence-electron chi connectivity index (χ1n) is 13.4. The highest BCUT2D eigenvalue weighted by atomic mass is 15.1. The summed E-state index contributed by atoms with van der Waals surface area (Å²) in [6.45, 7) is 13.2. The van der Waals surface area contributed by atoms with Crippen LogP contribution in [0.3, 0.4) is 0 Å². The van der Waals surface area contributed by atoms with Gasteiger partial charge in [-0.25, -0.2) is 0 Å². The molecule has 2 nitrogen and oxygen atoms in total. The summed E-state index contributed by atoms with van der Waals surface area (Å²) in [5, 5.41) is 5.23. The quantitative estimate of drug-likeness (QED) is 0.227. The number of aromatic nitrogens is 2. The van der Waals surface area contributed by atoms with Crippen LogP contribution in [0.1, 0.15) is 33.4 Å². The molecule has 7 rings (SSSR count). The topological polar surface area (TPSA) is 9.86 Å². The molecule has 0 fully saturated rings. The Balaban J connectivity index is 1.68. The molecule has 0 aliphatic carbocycles. The third kappa shape index (κ3) is 3.26. The normalized spacial score (nSPS) is 11.9. The van der Waals surface area contributed by atoms with E-state index < -0.39 is 0 Å². The van der Waals surface area contributed by atoms with E-state index in [4.69, 9.17) is 0 Å². The number of benzene rings is 5. The highest BCUT2D eigenvalue weighted by molar-refractivity contribution is 6.12. The Morgan fingerprint density at radius 1 is 0.342 bits per heavy atom. The summed E-state index contributed by atoms with van der Waals surface area (Å²) in [6, 6.07) is 32.2. The van der Waals surface area contributed by atoms with Crippen LogP contribution in [-0.2, 0) is 0 Å². The van der Waals surface area contributed by atoms with Gasteiger partial charge in [-0.3, -0.25) is 0 Å². The Morgan fingerprint density at radius 2 is 0.605 bits per heavy atom. The van der Waals surface area contributed by atoms with E-state index in [0.717, 1.165) is 0 Å². The second-order valence-corrected chi connectivity index (χ2v) is 11.2. The van der Waals surface area contributed by atoms with Gasteiger partial charge in [-0.15, -0.1) is 0 Å². The summed E-state index contributed by atoms with van der Waals surface area (Å²) >= 11 is 0. The smallest absolute Gasteiger partial charge is 0.0705 e. The average molecular weight is 493 g/mol. The largest absolute Gasteiger partial charge is 0.307 e. The number of hydrogen-bond donors (Lipinski definition) is 0. The van der Waals surface area contributed by atoms with Crippen LogP contribution in [0.25, 0.3) is 55.0 Å². The molecule has 38 heavy (non-hydrogen) atoms. The van der Waals surface area contributed by atoms with Gasteiger partial charge in [0.2, 0.25) is 0 Å². The van der Waals surface area contributed by atoms with Gasteiger partial charge in [-0.1, -0.05) is 46.5 Å². The molecule has 5 aromatic carbocycles. The van der Waals surface area contributed by atoms with E-state index in [0.29, 0.717) is 0 Å². The van der Waals surface area contributed by atoms with Crippen molar-refractivity contribution in [1.29, 1.82) is 0 Å². The molecule has 0 aliphatic rings. The van der Waals surface area contributed by atoms with E-state index in [2.05, 4.69) is 136 Å². The summed E-state index contributed by atoms with van der Waals surface area (Å²) in [5.41, 5.74) is 15.1. The van der Waals surface area contributed by atoms with Crippen molar-refractivity contribution in [2.75, 3.05) is 0 Å². The highest BCUT2D eigenvalue weighted by Crippen LogP contribution is 2.39. The molecular weight excluding hydrogens is 460 g/mol. The molecule has 2 aromatic heterocycles. The van der Waals surface area contributed by atoms with Crippen molar-refractivity contribution in [3.8, 4) is 11.4 Å². The molecule has 0 saturated heterocycles. The molecule has 7 aromatic rings. The van der Waals surface area contributed by atoms with Gasteiger partial charge in [-0.05, 0) is 113 Å². The lowest BCUT2D eigenvalue weighted by molar-refractivity contribution is 1.08. The highest BCUT2D eigenvalue weighted by Gasteiger charge is 2.20. The summed E-state index contributed by atoms with van der Waals surface area (Å²) in [7, 11) is 0. The molecule has 0 N–H and O–H groups in total. The van der Waals surface area contributed by atoms with Crippen LogP contribution >= 0.6 is 0 Å². The van der Waals surface area contributed by atoms with Crippen molar-refractivity contribution in [2.45, 2.75) is 41.5 Å². The van der Waals surface area contributed by atoms with Crippen molar-refractivity contribution < 1.29 is 0 Å². The van der Waals surface area contributed by atoms with E-state index >= 15 is 0 Å². The van der Waals surface area contributed by atoms with Crippen LogP contribution in [0.15, 0.2) is 84.9 Å². The molecule has 0 spiro atoms. The molecule has 2 heterocycles. The van der Waals surface area contributed by atoms with Gasteiger partial charge in [-0.2, -0.15) is 0 Å². The first-order valence-corrected chi connectivity index (χ1v) is 13.4. The van der Waals surface area contributed by atoms with E-state index in [1.165, 1.54) is 88.4 Å². The van der Waals surface area contributed by atoms with Crippen LogP contribution in [0.5, 0.6) is 0 Å². The Bertz CT molecular complexity index is 1810. The zero-order valence-electron chi connectivity index (χ0n) is 23.0. The minimum Gasteiger partial charge on any atom is -0.307 e. The molecule has 0 radical (unpaired) electrons. The van der Waals surface area contributed by atoms with Crippen LogP contribution in [0, 0.1) is 41.5 Å². The number of aryl methyl sites for hydroxylation is 6. The Kier molecular flexibility index (Phi) is 4.87. The minimum absolute atomic E-state index is 1.21. The third-order valence-electron chi connectivity index (χ3n) is 8.22. The lowest BCUT2D eigenvalue weighted by atomic mass is 10.1. The van der Waals surface area contributed by atoms with Crippen molar-refractivity contribution >= 4 is 43.6 Å². The van der Waals surface area contributed by atoms with Gasteiger partial charge in [0, 0.05) is 21.5 Å². The second-order valence-electron chi connectivity index (χ2n) is 11.2. The van der Waals surface area contributed by atoms with Gasteiger partial charge in [0.15, 0.2) is 0 Å². The van der Waals surface area contributed by atoms with Crippen molar-refractivity contribution in [3.63, 3.8) is 0 Å². The van der Waals surface area contributed by atoms with Crippen LogP contribution in [-0.4, -0.2) is 9.13 Å². The summed E-state index contributed by atoms with van der Waals surface area (Å²) in [5.74, 6) is 0. The maximum atomic E-state index is 2.48. The fourth-order valence-corrected chi connectivity index (χ4v) is 6.16. The number of fused-ring (bicyclic) bond motifs is 6. The summed E-state index contributed by atoms with van der Waals surface area (Å²) < 4.78 is 4.96. The first kappa shape index (κ1) is 22.9. The van der Waals surface area contributed by atoms with Crippen molar-refractivity contribution in [1.82, 2.24) is 9.13 Å². The van der Waals surface area contributed by atoms with Gasteiger partial charge >= 0.3 is 0 Å². The molecular formula is C36H32N2.